The van der Waals surface area contributed by atoms with Crippen LogP contribution in [0, 0.1) is 0 Å². The average molecular weight is 413 g/mol. The van der Waals surface area contributed by atoms with Gasteiger partial charge in [0.1, 0.15) is 0 Å². The third-order valence-electron chi connectivity index (χ3n) is 4.42. The van der Waals surface area contributed by atoms with Crippen LogP contribution >= 0.6 is 0 Å². The zero-order valence-corrected chi connectivity index (χ0v) is 14.1. The van der Waals surface area contributed by atoms with Gasteiger partial charge < -0.3 is 5.11 Å². The van der Waals surface area contributed by atoms with Crippen molar-refractivity contribution >= 4 is 27.9 Å². The van der Waals surface area contributed by atoms with Crippen LogP contribution in [0.5, 0.6) is 0 Å². The Labute approximate surface area is 157 Å². The summed E-state index contributed by atoms with van der Waals surface area (Å²) in [6.07, 6.45) is -8.55. The van der Waals surface area contributed by atoms with Crippen LogP contribution in [0.25, 0.3) is 27.6 Å². The highest BCUT2D eigenvalue weighted by atomic mass is 19.4. The summed E-state index contributed by atoms with van der Waals surface area (Å²) < 4.78 is 79.7. The first-order valence-corrected chi connectivity index (χ1v) is 7.99. The van der Waals surface area contributed by atoms with E-state index in [0.29, 0.717) is 0 Å². The minimum absolute atomic E-state index is 0.0142. The van der Waals surface area contributed by atoms with Crippen molar-refractivity contribution in [1.29, 1.82) is 0 Å². The van der Waals surface area contributed by atoms with Gasteiger partial charge in [0.05, 0.1) is 22.8 Å². The van der Waals surface area contributed by atoms with Gasteiger partial charge in [0.2, 0.25) is 0 Å². The molecule has 11 heteroatoms. The molecule has 0 atom stereocenters. The Morgan fingerprint density at radius 2 is 1.59 bits per heavy atom. The summed E-state index contributed by atoms with van der Waals surface area (Å²) in [6.45, 7) is 0. The monoisotopic (exact) mass is 413 g/mol. The number of rotatable bonds is 2. The number of hydrogen-bond acceptors (Lipinski definition) is 2. The first kappa shape index (κ1) is 18.8. The predicted molar refractivity (Wildman–Crippen MR) is 89.8 cm³/mol. The fourth-order valence-corrected chi connectivity index (χ4v) is 3.19. The fourth-order valence-electron chi connectivity index (χ4n) is 3.19. The number of nitrogens with zero attached hydrogens (tertiary/aromatic N) is 3. The lowest BCUT2D eigenvalue weighted by atomic mass is 10.1. The third-order valence-corrected chi connectivity index (χ3v) is 4.42. The molecular weight excluding hydrogens is 404 g/mol. The van der Waals surface area contributed by atoms with E-state index in [1.165, 1.54) is 18.2 Å². The molecule has 4 aromatic rings. The zero-order valence-electron chi connectivity index (χ0n) is 14.1. The highest BCUT2D eigenvalue weighted by molar-refractivity contribution is 6.10. The second-order valence-electron chi connectivity index (χ2n) is 6.18. The minimum Gasteiger partial charge on any atom is -0.478 e. The van der Waals surface area contributed by atoms with E-state index in [1.54, 1.807) is 0 Å². The van der Waals surface area contributed by atoms with Crippen molar-refractivity contribution < 1.29 is 36.2 Å². The SMILES string of the molecule is O=C(O)c1ccc2c(c1)c1cnn(C(F)(F)F)c1n2-c1ccc(C(F)(F)F)cc1. The van der Waals surface area contributed by atoms with E-state index in [4.69, 9.17) is 5.11 Å². The number of aromatic carboxylic acids is 1. The van der Waals surface area contributed by atoms with Crippen LogP contribution in [-0.4, -0.2) is 25.4 Å². The molecule has 0 aliphatic heterocycles. The highest BCUT2D eigenvalue weighted by Gasteiger charge is 2.36. The Balaban J connectivity index is 2.07. The van der Waals surface area contributed by atoms with E-state index in [2.05, 4.69) is 5.10 Å². The second-order valence-corrected chi connectivity index (χ2v) is 6.18. The van der Waals surface area contributed by atoms with Crippen LogP contribution in [0.4, 0.5) is 26.3 Å². The van der Waals surface area contributed by atoms with E-state index in [-0.39, 0.29) is 32.2 Å². The Morgan fingerprint density at radius 1 is 0.931 bits per heavy atom. The fraction of sp³-hybridized carbons (Fsp3) is 0.111. The highest BCUT2D eigenvalue weighted by Crippen LogP contribution is 2.37. The average Bonchev–Trinajstić information content (AvgIpc) is 3.18. The molecule has 5 nitrogen and oxygen atoms in total. The summed E-state index contributed by atoms with van der Waals surface area (Å²) in [6, 6.07) is 7.30. The molecule has 0 aliphatic rings. The lowest BCUT2D eigenvalue weighted by Gasteiger charge is -2.13. The Bertz CT molecular complexity index is 1250. The van der Waals surface area contributed by atoms with Crippen LogP contribution < -0.4 is 0 Å². The molecule has 0 radical (unpaired) electrons. The van der Waals surface area contributed by atoms with Gasteiger partial charge >= 0.3 is 18.4 Å². The van der Waals surface area contributed by atoms with Crippen LogP contribution in [0.3, 0.4) is 0 Å². The van der Waals surface area contributed by atoms with Gasteiger partial charge in [0.15, 0.2) is 5.65 Å². The summed E-state index contributed by atoms with van der Waals surface area (Å²) in [5, 5.41) is 12.7. The summed E-state index contributed by atoms with van der Waals surface area (Å²) in [5.41, 5.74) is -1.31. The molecule has 0 amide bonds. The molecule has 0 unspecified atom stereocenters. The van der Waals surface area contributed by atoms with Gasteiger partial charge in [0, 0.05) is 16.5 Å². The van der Waals surface area contributed by atoms with Crippen molar-refractivity contribution in [1.82, 2.24) is 14.3 Å². The quantitative estimate of drug-likeness (QED) is 0.461. The molecule has 1 N–H and O–H groups in total. The Hall–Kier alpha value is -3.50. The van der Waals surface area contributed by atoms with Crippen LogP contribution in [-0.2, 0) is 12.5 Å². The topological polar surface area (TPSA) is 60.0 Å². The van der Waals surface area contributed by atoms with E-state index in [1.807, 2.05) is 0 Å². The van der Waals surface area contributed by atoms with E-state index in [9.17, 15) is 31.1 Å². The number of aromatic nitrogens is 3. The van der Waals surface area contributed by atoms with Crippen molar-refractivity contribution in [2.45, 2.75) is 12.5 Å². The molecular formula is C18H9F6N3O2. The van der Waals surface area contributed by atoms with Gasteiger partial charge in [-0.15, -0.1) is 13.2 Å². The predicted octanol–water partition coefficient (Wildman–Crippen LogP) is 5.17. The second kappa shape index (κ2) is 6.00. The van der Waals surface area contributed by atoms with Crippen molar-refractivity contribution in [3.63, 3.8) is 0 Å². The first-order valence-electron chi connectivity index (χ1n) is 7.99. The number of carboxylic acid groups (broad SMARTS) is 1. The lowest BCUT2D eigenvalue weighted by molar-refractivity contribution is -0.209. The van der Waals surface area contributed by atoms with Gasteiger partial charge in [-0.05, 0) is 42.5 Å². The third kappa shape index (κ3) is 2.98. The smallest absolute Gasteiger partial charge is 0.478 e. The number of halogens is 6. The molecule has 2 aromatic carbocycles. The van der Waals surface area contributed by atoms with E-state index >= 15 is 0 Å². The molecule has 2 aromatic heterocycles. The number of fused-ring (bicyclic) bond motifs is 3. The lowest BCUT2D eigenvalue weighted by Crippen LogP contribution is -2.19. The molecule has 0 saturated heterocycles. The molecule has 4 rings (SSSR count). The van der Waals surface area contributed by atoms with Crippen LogP contribution in [0.1, 0.15) is 15.9 Å². The Morgan fingerprint density at radius 3 is 2.14 bits per heavy atom. The van der Waals surface area contributed by atoms with Gasteiger partial charge in [-0.1, -0.05) is 0 Å². The number of benzene rings is 2. The standard InChI is InChI=1S/C18H9F6N3O2/c19-17(20,21)10-2-4-11(5-3-10)26-14-6-1-9(16(28)29)7-12(14)13-8-25-27(15(13)26)18(22,23)24/h1-8H,(H,28,29). The van der Waals surface area contributed by atoms with E-state index < -0.39 is 29.7 Å². The zero-order chi connectivity index (χ0) is 21.1. The first-order chi connectivity index (χ1) is 13.5. The molecule has 0 spiro atoms. The molecule has 0 fully saturated rings. The van der Waals surface area contributed by atoms with Crippen molar-refractivity contribution in [3.05, 3.63) is 59.8 Å². The number of carboxylic acids is 1. The van der Waals surface area contributed by atoms with Gasteiger partial charge in [-0.3, -0.25) is 4.57 Å². The van der Waals surface area contributed by atoms with E-state index in [0.717, 1.165) is 35.0 Å². The molecule has 0 aliphatic carbocycles. The van der Waals surface area contributed by atoms with Gasteiger partial charge in [-0.2, -0.15) is 23.0 Å². The number of alkyl halides is 6. The molecule has 29 heavy (non-hydrogen) atoms. The largest absolute Gasteiger partial charge is 0.506 e. The maximum absolute atomic E-state index is 13.4. The van der Waals surface area contributed by atoms with Crippen molar-refractivity contribution in [2.24, 2.45) is 0 Å². The minimum atomic E-state index is -4.89. The molecule has 2 heterocycles. The summed E-state index contributed by atoms with van der Waals surface area (Å²) in [5.74, 6) is -1.27. The van der Waals surface area contributed by atoms with Crippen LogP contribution in [0.2, 0.25) is 0 Å². The number of hydrogen-bond donors (Lipinski definition) is 1. The Kier molecular flexibility index (Phi) is 3.90. The number of carbonyl (C=O) groups is 1. The summed E-state index contributed by atoms with van der Waals surface area (Å²) in [4.78, 5) is 11.2. The van der Waals surface area contributed by atoms with Crippen molar-refractivity contribution in [2.75, 3.05) is 0 Å². The molecule has 150 valence electrons. The van der Waals surface area contributed by atoms with Crippen molar-refractivity contribution in [3.8, 4) is 5.69 Å². The maximum Gasteiger partial charge on any atom is 0.506 e. The van der Waals surface area contributed by atoms with Gasteiger partial charge in [-0.25, -0.2) is 4.79 Å². The van der Waals surface area contributed by atoms with Crippen LogP contribution in [0.15, 0.2) is 48.7 Å². The molecule has 0 saturated carbocycles. The molecule has 0 bridgehead atoms. The summed E-state index contributed by atoms with van der Waals surface area (Å²) in [7, 11) is 0. The normalized spacial score (nSPS) is 12.8. The maximum atomic E-state index is 13.4. The summed E-state index contributed by atoms with van der Waals surface area (Å²) >= 11 is 0. The van der Waals surface area contributed by atoms with Gasteiger partial charge in [0.25, 0.3) is 0 Å².